The quantitative estimate of drug-likeness (QED) is 0.189. The molecule has 238 valence electrons. The lowest BCUT2D eigenvalue weighted by Crippen LogP contribution is -2.38. The summed E-state index contributed by atoms with van der Waals surface area (Å²) in [7, 11) is 0. The van der Waals surface area contributed by atoms with E-state index in [1.165, 1.54) is 58.2 Å². The van der Waals surface area contributed by atoms with Gasteiger partial charge in [0.15, 0.2) is 6.17 Å². The van der Waals surface area contributed by atoms with Crippen LogP contribution in [0.1, 0.15) is 59.8 Å². The normalized spacial score (nSPS) is 19.8. The Kier molecular flexibility index (Phi) is 7.62. The Bertz CT molecular complexity index is 2060. The van der Waals surface area contributed by atoms with Gasteiger partial charge in [-0.25, -0.2) is 9.98 Å². The Morgan fingerprint density at radius 2 is 1.18 bits per heavy atom. The van der Waals surface area contributed by atoms with Gasteiger partial charge in [0.05, 0.1) is 0 Å². The molecule has 2 unspecified atom stereocenters. The molecule has 0 saturated heterocycles. The van der Waals surface area contributed by atoms with E-state index >= 15 is 0 Å². The number of nitrogens with zero attached hydrogens (tertiary/aromatic N) is 2. The Morgan fingerprint density at radius 1 is 0.592 bits per heavy atom. The number of fused-ring (bicyclic) bond motifs is 3. The molecule has 49 heavy (non-hydrogen) atoms. The van der Waals surface area contributed by atoms with Crippen molar-refractivity contribution in [3.05, 3.63) is 185 Å². The summed E-state index contributed by atoms with van der Waals surface area (Å²) in [6.45, 7) is 0. The van der Waals surface area contributed by atoms with Crippen LogP contribution in [0, 0.1) is 0 Å². The summed E-state index contributed by atoms with van der Waals surface area (Å²) in [5.74, 6) is 4.29. The predicted molar refractivity (Wildman–Crippen MR) is 200 cm³/mol. The minimum atomic E-state index is -0.350. The lowest BCUT2D eigenvalue weighted by Gasteiger charge is -2.27. The van der Waals surface area contributed by atoms with Gasteiger partial charge in [0, 0.05) is 28.5 Å². The van der Waals surface area contributed by atoms with E-state index in [0.29, 0.717) is 5.92 Å². The zero-order valence-electron chi connectivity index (χ0n) is 27.3. The fourth-order valence-corrected chi connectivity index (χ4v) is 7.61. The number of ether oxygens (including phenoxy) is 1. The number of allylic oxidation sites excluding steroid dienone is 5. The van der Waals surface area contributed by atoms with E-state index in [0.717, 1.165) is 40.7 Å². The summed E-state index contributed by atoms with van der Waals surface area (Å²) in [6.07, 6.45) is 13.1. The molecule has 2 atom stereocenters. The van der Waals surface area contributed by atoms with E-state index in [2.05, 4.69) is 145 Å². The van der Waals surface area contributed by atoms with Crippen molar-refractivity contribution in [1.82, 2.24) is 5.32 Å². The number of amidine groups is 2. The molecular weight excluding hydrogens is 599 g/mol. The van der Waals surface area contributed by atoms with Crippen molar-refractivity contribution in [3.63, 3.8) is 0 Å². The monoisotopic (exact) mass is 635 g/mol. The van der Waals surface area contributed by atoms with Crippen LogP contribution in [0.25, 0.3) is 22.3 Å². The Balaban J connectivity index is 1.07. The van der Waals surface area contributed by atoms with Crippen molar-refractivity contribution in [2.24, 2.45) is 9.98 Å². The van der Waals surface area contributed by atoms with Crippen LogP contribution >= 0.6 is 0 Å². The van der Waals surface area contributed by atoms with Crippen molar-refractivity contribution in [1.29, 1.82) is 0 Å². The molecule has 4 heteroatoms. The molecule has 9 rings (SSSR count). The summed E-state index contributed by atoms with van der Waals surface area (Å²) in [5.41, 5.74) is 10.8. The van der Waals surface area contributed by atoms with Crippen molar-refractivity contribution in [2.75, 3.05) is 0 Å². The molecule has 0 radical (unpaired) electrons. The van der Waals surface area contributed by atoms with Crippen molar-refractivity contribution < 1.29 is 4.74 Å². The van der Waals surface area contributed by atoms with Crippen molar-refractivity contribution in [3.8, 4) is 28.0 Å². The van der Waals surface area contributed by atoms with Crippen LogP contribution in [-0.4, -0.2) is 17.8 Å². The fraction of sp³-hybridized carbons (Fsp3) is 0.156. The largest absolute Gasteiger partial charge is 0.461 e. The Labute approximate surface area is 287 Å². The molecule has 0 saturated carbocycles. The highest BCUT2D eigenvalue weighted by Gasteiger charge is 2.37. The van der Waals surface area contributed by atoms with Crippen LogP contribution in [-0.2, 0) is 0 Å². The maximum Gasteiger partial charge on any atom is 0.166 e. The van der Waals surface area contributed by atoms with E-state index in [1.807, 2.05) is 12.1 Å². The van der Waals surface area contributed by atoms with Crippen LogP contribution in [0.15, 0.2) is 173 Å². The molecule has 0 aromatic heterocycles. The van der Waals surface area contributed by atoms with Gasteiger partial charge in [-0.3, -0.25) is 0 Å². The number of hydrogen-bond donors (Lipinski definition) is 1. The van der Waals surface area contributed by atoms with Crippen molar-refractivity contribution in [2.45, 2.75) is 43.7 Å². The Hall–Kier alpha value is -5.74. The lowest BCUT2D eigenvalue weighted by atomic mass is 9.79. The molecule has 0 bridgehead atoms. The third-order valence-corrected chi connectivity index (χ3v) is 10.2. The van der Waals surface area contributed by atoms with Gasteiger partial charge in [0.1, 0.15) is 23.2 Å². The molecule has 5 aromatic rings. The number of aliphatic imine (C=N–C) groups is 2. The van der Waals surface area contributed by atoms with Gasteiger partial charge in [-0.2, -0.15) is 0 Å². The predicted octanol–water partition coefficient (Wildman–Crippen LogP) is 10.4. The highest BCUT2D eigenvalue weighted by Crippen LogP contribution is 2.50. The number of hydrogen-bond acceptors (Lipinski definition) is 4. The van der Waals surface area contributed by atoms with Gasteiger partial charge in [0.2, 0.25) is 0 Å². The average molecular weight is 636 g/mol. The first-order valence-corrected chi connectivity index (χ1v) is 17.4. The second-order valence-corrected chi connectivity index (χ2v) is 13.2. The minimum Gasteiger partial charge on any atom is -0.461 e. The molecular formula is C45H37N3O. The molecule has 4 aliphatic rings. The molecule has 1 N–H and O–H groups in total. The standard InChI is InChI=1S/C45H37N3O/c1-4-11-30(12-5-1)32-19-23-35(24-20-32)43-46-44(36-25-21-33(22-26-36)31-13-6-2-7-14-31)48-45(47-43)37-27-28-40-39(29-37)42-38(17-10-18-41(42)49-40)34-15-8-3-9-16-34/h1-2,4-8,10-15,17-28,34,39,45H,3,9,16,29H2,(H,46,47,48). The zero-order valence-corrected chi connectivity index (χ0v) is 27.3. The molecule has 2 aliphatic heterocycles. The maximum absolute atomic E-state index is 6.46. The molecule has 0 fully saturated rings. The fourth-order valence-electron chi connectivity index (χ4n) is 7.61. The van der Waals surface area contributed by atoms with Gasteiger partial charge in [-0.1, -0.05) is 140 Å². The Morgan fingerprint density at radius 3 is 1.78 bits per heavy atom. The smallest absolute Gasteiger partial charge is 0.166 e. The minimum absolute atomic E-state index is 0.170. The summed E-state index contributed by atoms with van der Waals surface area (Å²) in [6, 6.07) is 44.9. The topological polar surface area (TPSA) is 46.0 Å². The van der Waals surface area contributed by atoms with Gasteiger partial charge in [0.25, 0.3) is 0 Å². The van der Waals surface area contributed by atoms with E-state index in [1.54, 1.807) is 0 Å². The summed E-state index contributed by atoms with van der Waals surface area (Å²) < 4.78 is 6.46. The summed E-state index contributed by atoms with van der Waals surface area (Å²) in [4.78, 5) is 10.5. The second kappa shape index (κ2) is 12.7. The van der Waals surface area contributed by atoms with Crippen LogP contribution in [0.2, 0.25) is 0 Å². The summed E-state index contributed by atoms with van der Waals surface area (Å²) >= 11 is 0. The third-order valence-electron chi connectivity index (χ3n) is 10.2. The average Bonchev–Trinajstić information content (AvgIpc) is 3.57. The first-order chi connectivity index (χ1) is 24.3. The zero-order chi connectivity index (χ0) is 32.6. The van der Waals surface area contributed by atoms with Crippen LogP contribution < -0.4 is 10.1 Å². The molecule has 0 amide bonds. The number of nitrogens with one attached hydrogen (secondary N) is 1. The molecule has 5 aromatic carbocycles. The van der Waals surface area contributed by atoms with Crippen LogP contribution in [0.3, 0.4) is 0 Å². The lowest BCUT2D eigenvalue weighted by molar-refractivity contribution is 0.421. The third kappa shape index (κ3) is 5.74. The van der Waals surface area contributed by atoms with Gasteiger partial charge >= 0.3 is 0 Å². The van der Waals surface area contributed by atoms with E-state index in [9.17, 15) is 0 Å². The highest BCUT2D eigenvalue weighted by molar-refractivity contribution is 6.16. The SMILES string of the molecule is C1=CC(c2cccc3c2C2CC(C4N=C(c5ccc(-c6ccccc6)cc5)NC(c5ccc(-c6ccccc6)cc5)=N4)=CC=C2O3)CCC1. The molecule has 0 spiro atoms. The second-order valence-electron chi connectivity index (χ2n) is 13.2. The van der Waals surface area contributed by atoms with Crippen LogP contribution in [0.5, 0.6) is 5.75 Å². The molecule has 2 aliphatic carbocycles. The van der Waals surface area contributed by atoms with Crippen molar-refractivity contribution >= 4 is 11.7 Å². The first-order valence-electron chi connectivity index (χ1n) is 17.4. The van der Waals surface area contributed by atoms with Gasteiger partial charge < -0.3 is 10.1 Å². The van der Waals surface area contributed by atoms with Gasteiger partial charge in [-0.05, 0) is 71.2 Å². The van der Waals surface area contributed by atoms with E-state index in [-0.39, 0.29) is 12.1 Å². The number of rotatable bonds is 6. The summed E-state index contributed by atoms with van der Waals surface area (Å²) in [5, 5.41) is 3.61. The van der Waals surface area contributed by atoms with Crippen LogP contribution in [0.4, 0.5) is 0 Å². The number of benzene rings is 5. The molecule has 4 nitrogen and oxygen atoms in total. The van der Waals surface area contributed by atoms with Gasteiger partial charge in [-0.15, -0.1) is 0 Å². The van der Waals surface area contributed by atoms with E-state index in [4.69, 9.17) is 14.7 Å². The highest BCUT2D eigenvalue weighted by atomic mass is 16.5. The first kappa shape index (κ1) is 29.4. The molecule has 2 heterocycles. The maximum atomic E-state index is 6.46. The van der Waals surface area contributed by atoms with E-state index < -0.39 is 0 Å².